The molecule has 0 aliphatic carbocycles. The Bertz CT molecular complexity index is 499. The molecule has 0 unspecified atom stereocenters. The molecule has 0 saturated carbocycles. The van der Waals surface area contributed by atoms with Crippen molar-refractivity contribution in [1.82, 2.24) is 0 Å². The first-order valence-electron chi connectivity index (χ1n) is 5.61. The van der Waals surface area contributed by atoms with Gasteiger partial charge in [-0.2, -0.15) is 0 Å². The lowest BCUT2D eigenvalue weighted by Gasteiger charge is -2.09. The van der Waals surface area contributed by atoms with E-state index in [1.54, 1.807) is 0 Å². The van der Waals surface area contributed by atoms with Crippen LogP contribution in [0.5, 0.6) is 11.5 Å². The largest absolute Gasteiger partial charge is 0.490 e. The summed E-state index contributed by atoms with van der Waals surface area (Å²) in [6.07, 6.45) is 0. The molecule has 4 heteroatoms. The third kappa shape index (κ3) is 3.67. The molecule has 2 rings (SSSR count). The fourth-order valence-corrected chi connectivity index (χ4v) is 1.84. The van der Waals surface area contributed by atoms with Gasteiger partial charge in [-0.1, -0.05) is 12.1 Å². The normalized spacial score (nSPS) is 10.1. The van der Waals surface area contributed by atoms with E-state index < -0.39 is 0 Å². The highest BCUT2D eigenvalue weighted by atomic mass is 79.9. The Hall–Kier alpha value is -1.68. The van der Waals surface area contributed by atoms with Crippen molar-refractivity contribution in [3.63, 3.8) is 0 Å². The van der Waals surface area contributed by atoms with E-state index in [4.69, 9.17) is 15.2 Å². The van der Waals surface area contributed by atoms with Crippen LogP contribution in [0.1, 0.15) is 0 Å². The van der Waals surface area contributed by atoms with Crippen LogP contribution in [0, 0.1) is 0 Å². The van der Waals surface area contributed by atoms with Gasteiger partial charge in [0.1, 0.15) is 24.7 Å². The first kappa shape index (κ1) is 12.8. The van der Waals surface area contributed by atoms with Crippen LogP contribution < -0.4 is 15.2 Å². The average molecular weight is 308 g/mol. The minimum absolute atomic E-state index is 0.491. The molecule has 0 aliphatic rings. The summed E-state index contributed by atoms with van der Waals surface area (Å²) in [4.78, 5) is 0. The highest BCUT2D eigenvalue weighted by Crippen LogP contribution is 2.23. The number of ether oxygens (including phenoxy) is 2. The van der Waals surface area contributed by atoms with Crippen LogP contribution in [-0.2, 0) is 0 Å². The van der Waals surface area contributed by atoms with Crippen LogP contribution in [0.25, 0.3) is 0 Å². The predicted molar refractivity (Wildman–Crippen MR) is 76.0 cm³/mol. The molecular weight excluding hydrogens is 294 g/mol. The molecule has 3 nitrogen and oxygen atoms in total. The zero-order valence-corrected chi connectivity index (χ0v) is 11.4. The van der Waals surface area contributed by atoms with Gasteiger partial charge in [0.25, 0.3) is 0 Å². The maximum Gasteiger partial charge on any atom is 0.133 e. The summed E-state index contributed by atoms with van der Waals surface area (Å²) < 4.78 is 12.1. The monoisotopic (exact) mass is 307 g/mol. The molecule has 0 bridgehead atoms. The van der Waals surface area contributed by atoms with Crippen molar-refractivity contribution in [2.24, 2.45) is 0 Å². The number of hydrogen-bond acceptors (Lipinski definition) is 3. The van der Waals surface area contributed by atoms with E-state index >= 15 is 0 Å². The first-order chi connectivity index (χ1) is 8.75. The molecule has 0 radical (unpaired) electrons. The minimum Gasteiger partial charge on any atom is -0.490 e. The molecule has 0 saturated heterocycles. The highest BCUT2D eigenvalue weighted by Gasteiger charge is 1.99. The number of rotatable bonds is 5. The molecule has 0 amide bonds. The Balaban J connectivity index is 1.76. The second kappa shape index (κ2) is 6.31. The third-order valence-electron chi connectivity index (χ3n) is 2.33. The fraction of sp³-hybridized carbons (Fsp3) is 0.143. The fourth-order valence-electron chi connectivity index (χ4n) is 1.44. The van der Waals surface area contributed by atoms with Gasteiger partial charge in [-0.3, -0.25) is 0 Å². The van der Waals surface area contributed by atoms with Gasteiger partial charge in [-0.15, -0.1) is 0 Å². The maximum atomic E-state index is 5.59. The van der Waals surface area contributed by atoms with Crippen molar-refractivity contribution in [3.05, 3.63) is 53.0 Å². The standard InChI is InChI=1S/C14H14BrNO2/c15-13-3-1-2-4-14(13)18-10-9-17-12-7-5-11(16)6-8-12/h1-8H,9-10,16H2. The molecule has 2 aromatic rings. The van der Waals surface area contributed by atoms with Crippen molar-refractivity contribution in [1.29, 1.82) is 0 Å². The summed E-state index contributed by atoms with van der Waals surface area (Å²) in [5.41, 5.74) is 6.32. The Morgan fingerprint density at radius 2 is 1.56 bits per heavy atom. The Morgan fingerprint density at radius 3 is 2.28 bits per heavy atom. The van der Waals surface area contributed by atoms with Crippen LogP contribution in [0.3, 0.4) is 0 Å². The number of nitrogen functional groups attached to an aromatic ring is 1. The van der Waals surface area contributed by atoms with Gasteiger partial charge in [-0.25, -0.2) is 0 Å². The van der Waals surface area contributed by atoms with Crippen LogP contribution in [0.2, 0.25) is 0 Å². The van der Waals surface area contributed by atoms with Gasteiger partial charge < -0.3 is 15.2 Å². The van der Waals surface area contributed by atoms with Crippen LogP contribution in [-0.4, -0.2) is 13.2 Å². The molecule has 0 atom stereocenters. The molecule has 0 aliphatic heterocycles. The molecule has 0 fully saturated rings. The molecule has 2 N–H and O–H groups in total. The number of halogens is 1. The summed E-state index contributed by atoms with van der Waals surface area (Å²) in [6.45, 7) is 0.984. The van der Waals surface area contributed by atoms with Gasteiger partial charge in [0.2, 0.25) is 0 Å². The lowest BCUT2D eigenvalue weighted by molar-refractivity contribution is 0.216. The zero-order valence-electron chi connectivity index (χ0n) is 9.80. The number of hydrogen-bond donors (Lipinski definition) is 1. The third-order valence-corrected chi connectivity index (χ3v) is 2.98. The van der Waals surface area contributed by atoms with Gasteiger partial charge in [-0.05, 0) is 52.3 Å². The van der Waals surface area contributed by atoms with Crippen LogP contribution in [0.15, 0.2) is 53.0 Å². The molecule has 0 aromatic heterocycles. The van der Waals surface area contributed by atoms with E-state index in [1.807, 2.05) is 48.5 Å². The Morgan fingerprint density at radius 1 is 0.889 bits per heavy atom. The summed E-state index contributed by atoms with van der Waals surface area (Å²) in [7, 11) is 0. The van der Waals surface area contributed by atoms with Crippen molar-refractivity contribution >= 4 is 21.6 Å². The summed E-state index contributed by atoms with van der Waals surface area (Å²) in [5.74, 6) is 1.61. The van der Waals surface area contributed by atoms with Crippen molar-refractivity contribution in [2.75, 3.05) is 18.9 Å². The zero-order chi connectivity index (χ0) is 12.8. The smallest absolute Gasteiger partial charge is 0.133 e. The molecular formula is C14H14BrNO2. The summed E-state index contributed by atoms with van der Waals surface area (Å²) in [6, 6.07) is 15.0. The van der Waals surface area contributed by atoms with Crippen LogP contribution >= 0.6 is 15.9 Å². The number of benzene rings is 2. The van der Waals surface area contributed by atoms with E-state index in [0.29, 0.717) is 13.2 Å². The molecule has 2 aromatic carbocycles. The Kier molecular flexibility index (Phi) is 4.47. The van der Waals surface area contributed by atoms with E-state index in [2.05, 4.69) is 15.9 Å². The molecule has 0 spiro atoms. The lowest BCUT2D eigenvalue weighted by Crippen LogP contribution is -2.09. The van der Waals surface area contributed by atoms with Gasteiger partial charge in [0, 0.05) is 5.69 Å². The lowest BCUT2D eigenvalue weighted by atomic mass is 10.3. The summed E-state index contributed by atoms with van der Waals surface area (Å²) >= 11 is 3.42. The second-order valence-electron chi connectivity index (χ2n) is 3.70. The minimum atomic E-state index is 0.491. The van der Waals surface area contributed by atoms with Crippen molar-refractivity contribution < 1.29 is 9.47 Å². The molecule has 94 valence electrons. The van der Waals surface area contributed by atoms with E-state index in [9.17, 15) is 0 Å². The van der Waals surface area contributed by atoms with Gasteiger partial charge in [0.15, 0.2) is 0 Å². The molecule has 18 heavy (non-hydrogen) atoms. The highest BCUT2D eigenvalue weighted by molar-refractivity contribution is 9.10. The SMILES string of the molecule is Nc1ccc(OCCOc2ccccc2Br)cc1. The predicted octanol–water partition coefficient (Wildman–Crippen LogP) is 3.49. The van der Waals surface area contributed by atoms with Gasteiger partial charge in [0.05, 0.1) is 4.47 Å². The van der Waals surface area contributed by atoms with Gasteiger partial charge >= 0.3 is 0 Å². The van der Waals surface area contributed by atoms with Crippen LogP contribution in [0.4, 0.5) is 5.69 Å². The average Bonchev–Trinajstić information content (AvgIpc) is 2.39. The number of nitrogens with two attached hydrogens (primary N) is 1. The summed E-state index contributed by atoms with van der Waals surface area (Å²) in [5, 5.41) is 0. The maximum absolute atomic E-state index is 5.59. The van der Waals surface area contributed by atoms with E-state index in [0.717, 1.165) is 21.7 Å². The van der Waals surface area contributed by atoms with Crippen molar-refractivity contribution in [2.45, 2.75) is 0 Å². The first-order valence-corrected chi connectivity index (χ1v) is 6.40. The second-order valence-corrected chi connectivity index (χ2v) is 4.55. The Labute approximate surface area is 115 Å². The quantitative estimate of drug-likeness (QED) is 0.679. The molecule has 0 heterocycles. The van der Waals surface area contributed by atoms with Crippen molar-refractivity contribution in [3.8, 4) is 11.5 Å². The van der Waals surface area contributed by atoms with E-state index in [-0.39, 0.29) is 0 Å². The number of para-hydroxylation sites is 1. The topological polar surface area (TPSA) is 44.5 Å². The number of anilines is 1. The van der Waals surface area contributed by atoms with E-state index in [1.165, 1.54) is 0 Å².